The molecule has 2 aromatic rings. The topological polar surface area (TPSA) is 83.0 Å². The van der Waals surface area contributed by atoms with Crippen LogP contribution < -0.4 is 15.5 Å². The maximum atomic E-state index is 11.9. The van der Waals surface area contributed by atoms with Crippen LogP contribution in [-0.2, 0) is 0 Å². The second-order valence-electron chi connectivity index (χ2n) is 5.75. The highest BCUT2D eigenvalue weighted by atomic mass is 16.1. The lowest BCUT2D eigenvalue weighted by molar-refractivity contribution is 0.0950. The minimum Gasteiger partial charge on any atom is -0.368 e. The second kappa shape index (κ2) is 7.72. The fraction of sp³-hybridized carbons (Fsp3) is 0.412. The second-order valence-corrected chi connectivity index (χ2v) is 5.75. The highest BCUT2D eigenvalue weighted by molar-refractivity contribution is 5.92. The summed E-state index contributed by atoms with van der Waals surface area (Å²) in [6.45, 7) is 5.09. The van der Waals surface area contributed by atoms with E-state index in [1.54, 1.807) is 24.4 Å². The van der Waals surface area contributed by atoms with Gasteiger partial charge in [-0.3, -0.25) is 9.78 Å². The summed E-state index contributed by atoms with van der Waals surface area (Å²) in [6.07, 6.45) is 4.04. The van der Waals surface area contributed by atoms with Gasteiger partial charge in [-0.05, 0) is 31.9 Å². The minimum absolute atomic E-state index is 0.172. The summed E-state index contributed by atoms with van der Waals surface area (Å²) in [5, 5.41) is 6.08. The van der Waals surface area contributed by atoms with E-state index in [9.17, 15) is 4.79 Å². The fourth-order valence-electron chi connectivity index (χ4n) is 2.70. The van der Waals surface area contributed by atoms with Crippen molar-refractivity contribution in [2.75, 3.05) is 36.4 Å². The molecule has 7 heteroatoms. The number of carbonyl (C=O) groups excluding carboxylic acids is 1. The molecule has 1 fully saturated rings. The van der Waals surface area contributed by atoms with Crippen molar-refractivity contribution in [3.8, 4) is 0 Å². The Morgan fingerprint density at radius 1 is 1.21 bits per heavy atom. The zero-order valence-electron chi connectivity index (χ0n) is 13.8. The molecule has 3 rings (SSSR count). The van der Waals surface area contributed by atoms with Gasteiger partial charge >= 0.3 is 0 Å². The maximum absolute atomic E-state index is 11.9. The third kappa shape index (κ3) is 4.18. The number of hydrogen-bond donors (Lipinski definition) is 2. The number of aromatic nitrogens is 3. The van der Waals surface area contributed by atoms with Gasteiger partial charge in [0.15, 0.2) is 0 Å². The van der Waals surface area contributed by atoms with Gasteiger partial charge in [-0.25, -0.2) is 9.97 Å². The normalized spacial score (nSPS) is 13.8. The van der Waals surface area contributed by atoms with Crippen molar-refractivity contribution in [1.82, 2.24) is 20.3 Å². The van der Waals surface area contributed by atoms with Crippen molar-refractivity contribution in [3.63, 3.8) is 0 Å². The first-order valence-electron chi connectivity index (χ1n) is 8.26. The number of amides is 1. The molecule has 2 N–H and O–H groups in total. The molecular formula is C17H22N6O. The van der Waals surface area contributed by atoms with Crippen LogP contribution in [-0.4, -0.2) is 47.0 Å². The number of anilines is 2. The number of rotatable bonds is 6. The summed E-state index contributed by atoms with van der Waals surface area (Å²) in [6, 6.07) is 7.25. The molecule has 0 atom stereocenters. The molecule has 24 heavy (non-hydrogen) atoms. The van der Waals surface area contributed by atoms with E-state index in [4.69, 9.17) is 0 Å². The summed E-state index contributed by atoms with van der Waals surface area (Å²) in [7, 11) is 0. The Bertz CT molecular complexity index is 685. The van der Waals surface area contributed by atoms with Crippen LogP contribution in [0.1, 0.15) is 29.2 Å². The minimum atomic E-state index is -0.172. The van der Waals surface area contributed by atoms with Crippen LogP contribution in [0.5, 0.6) is 0 Å². The molecule has 3 heterocycles. The zero-order chi connectivity index (χ0) is 16.8. The molecule has 1 aliphatic heterocycles. The van der Waals surface area contributed by atoms with Gasteiger partial charge in [-0.15, -0.1) is 0 Å². The van der Waals surface area contributed by atoms with Crippen LogP contribution in [0.2, 0.25) is 0 Å². The molecule has 7 nitrogen and oxygen atoms in total. The van der Waals surface area contributed by atoms with Crippen molar-refractivity contribution >= 4 is 17.5 Å². The predicted octanol–water partition coefficient (Wildman–Crippen LogP) is 1.62. The fourth-order valence-corrected chi connectivity index (χ4v) is 2.70. The average molecular weight is 326 g/mol. The van der Waals surface area contributed by atoms with Gasteiger partial charge in [0.05, 0.1) is 0 Å². The van der Waals surface area contributed by atoms with E-state index >= 15 is 0 Å². The quantitative estimate of drug-likeness (QED) is 0.785. The Kier molecular flexibility index (Phi) is 5.20. The number of hydrogen-bond acceptors (Lipinski definition) is 6. The van der Waals surface area contributed by atoms with E-state index in [1.165, 1.54) is 12.8 Å². The van der Waals surface area contributed by atoms with Crippen LogP contribution in [0, 0.1) is 6.92 Å². The van der Waals surface area contributed by atoms with Crippen LogP contribution in [0.3, 0.4) is 0 Å². The standard InChI is InChI=1S/C17H22N6O/c1-13-21-15(12-16(22-13)23-10-4-5-11-23)19-8-9-20-17(24)14-6-2-3-7-18-14/h2-3,6-7,12H,4-5,8-11H2,1H3,(H,20,24)(H,19,21,22). The number of aryl methyl sites for hydroxylation is 1. The van der Waals surface area contributed by atoms with Gasteiger partial charge in [0.25, 0.3) is 5.91 Å². The molecule has 1 aliphatic rings. The molecular weight excluding hydrogens is 304 g/mol. The first kappa shape index (κ1) is 16.2. The van der Waals surface area contributed by atoms with Crippen LogP contribution in [0.25, 0.3) is 0 Å². The Morgan fingerprint density at radius 2 is 2.04 bits per heavy atom. The highest BCUT2D eigenvalue weighted by Crippen LogP contribution is 2.20. The summed E-state index contributed by atoms with van der Waals surface area (Å²) in [5.74, 6) is 2.34. The van der Waals surface area contributed by atoms with Gasteiger partial charge in [-0.2, -0.15) is 0 Å². The number of nitrogens with one attached hydrogen (secondary N) is 2. The monoisotopic (exact) mass is 326 g/mol. The largest absolute Gasteiger partial charge is 0.368 e. The van der Waals surface area contributed by atoms with Crippen molar-refractivity contribution in [3.05, 3.63) is 42.0 Å². The maximum Gasteiger partial charge on any atom is 0.269 e. The van der Waals surface area contributed by atoms with Crippen LogP contribution in [0.4, 0.5) is 11.6 Å². The predicted molar refractivity (Wildman–Crippen MR) is 93.3 cm³/mol. The summed E-state index contributed by atoms with van der Waals surface area (Å²) < 4.78 is 0. The van der Waals surface area contributed by atoms with Gasteiger partial charge < -0.3 is 15.5 Å². The van der Waals surface area contributed by atoms with Crippen molar-refractivity contribution in [2.45, 2.75) is 19.8 Å². The van der Waals surface area contributed by atoms with E-state index in [0.717, 1.165) is 30.5 Å². The number of pyridine rings is 1. The lowest BCUT2D eigenvalue weighted by Gasteiger charge is -2.17. The van der Waals surface area contributed by atoms with E-state index in [-0.39, 0.29) is 5.91 Å². The third-order valence-corrected chi connectivity index (χ3v) is 3.87. The molecule has 0 bridgehead atoms. The molecule has 1 saturated heterocycles. The molecule has 126 valence electrons. The lowest BCUT2D eigenvalue weighted by atomic mass is 10.3. The average Bonchev–Trinajstić information content (AvgIpc) is 3.13. The summed E-state index contributed by atoms with van der Waals surface area (Å²) >= 11 is 0. The molecule has 2 aromatic heterocycles. The van der Waals surface area contributed by atoms with Gasteiger partial charge in [0.1, 0.15) is 23.2 Å². The van der Waals surface area contributed by atoms with Crippen molar-refractivity contribution in [2.24, 2.45) is 0 Å². The Hall–Kier alpha value is -2.70. The lowest BCUT2D eigenvalue weighted by Crippen LogP contribution is -2.29. The van der Waals surface area contributed by atoms with Crippen LogP contribution >= 0.6 is 0 Å². The molecule has 0 radical (unpaired) electrons. The Balaban J connectivity index is 1.50. The van der Waals surface area contributed by atoms with Gasteiger partial charge in [0.2, 0.25) is 0 Å². The summed E-state index contributed by atoms with van der Waals surface area (Å²) in [5.41, 5.74) is 0.423. The molecule has 0 aromatic carbocycles. The molecule has 1 amide bonds. The van der Waals surface area contributed by atoms with Crippen molar-refractivity contribution in [1.29, 1.82) is 0 Å². The van der Waals surface area contributed by atoms with E-state index in [1.807, 2.05) is 13.0 Å². The van der Waals surface area contributed by atoms with E-state index in [0.29, 0.717) is 18.8 Å². The first-order valence-corrected chi connectivity index (χ1v) is 8.26. The van der Waals surface area contributed by atoms with Gasteiger partial charge in [0, 0.05) is 38.4 Å². The summed E-state index contributed by atoms with van der Waals surface area (Å²) in [4.78, 5) is 27.1. The van der Waals surface area contributed by atoms with Crippen molar-refractivity contribution < 1.29 is 4.79 Å². The molecule has 0 aliphatic carbocycles. The van der Waals surface area contributed by atoms with Gasteiger partial charge in [-0.1, -0.05) is 6.07 Å². The molecule has 0 spiro atoms. The Morgan fingerprint density at radius 3 is 2.79 bits per heavy atom. The highest BCUT2D eigenvalue weighted by Gasteiger charge is 2.15. The van der Waals surface area contributed by atoms with E-state index < -0.39 is 0 Å². The molecule has 0 unspecified atom stereocenters. The number of nitrogens with zero attached hydrogens (tertiary/aromatic N) is 4. The van der Waals surface area contributed by atoms with Crippen LogP contribution in [0.15, 0.2) is 30.5 Å². The zero-order valence-corrected chi connectivity index (χ0v) is 13.8. The number of carbonyl (C=O) groups is 1. The first-order chi connectivity index (χ1) is 11.7. The Labute approximate surface area is 141 Å². The smallest absolute Gasteiger partial charge is 0.269 e. The van der Waals surface area contributed by atoms with E-state index in [2.05, 4.69) is 30.5 Å². The third-order valence-electron chi connectivity index (χ3n) is 3.87. The molecule has 0 saturated carbocycles. The SMILES string of the molecule is Cc1nc(NCCNC(=O)c2ccccn2)cc(N2CCCC2)n1.